The zero-order valence-corrected chi connectivity index (χ0v) is 12.1. The van der Waals surface area contributed by atoms with Gasteiger partial charge in [-0.05, 0) is 28.8 Å². The Hall–Kier alpha value is -2.03. The van der Waals surface area contributed by atoms with Gasteiger partial charge in [0.1, 0.15) is 6.17 Å². The lowest BCUT2D eigenvalue weighted by Crippen LogP contribution is -2.27. The molecule has 0 radical (unpaired) electrons. The normalized spacial score (nSPS) is 27.0. The second kappa shape index (κ2) is 4.73. The number of fused-ring (bicyclic) bond motifs is 4. The van der Waals surface area contributed by atoms with E-state index in [0.717, 1.165) is 10.9 Å². The number of benzene rings is 2. The molecule has 0 amide bonds. The van der Waals surface area contributed by atoms with Gasteiger partial charge in [0.15, 0.2) is 12.3 Å². The van der Waals surface area contributed by atoms with Gasteiger partial charge in [0.25, 0.3) is 0 Å². The molecule has 0 nitrogen and oxygen atoms in total. The molecular weight excluding hydrogens is 285 g/mol. The molecule has 3 heteroatoms. The fourth-order valence-electron chi connectivity index (χ4n) is 3.57. The third-order valence-corrected chi connectivity index (χ3v) is 4.61. The van der Waals surface area contributed by atoms with Gasteiger partial charge in [-0.15, -0.1) is 0 Å². The fraction of sp³-hybridized carbons (Fsp3) is 0.263. The number of allylic oxidation sites excluding steroid dienone is 4. The van der Waals surface area contributed by atoms with Crippen LogP contribution < -0.4 is 0 Å². The van der Waals surface area contributed by atoms with E-state index in [0.29, 0.717) is 22.1 Å². The fourth-order valence-corrected chi connectivity index (χ4v) is 3.57. The lowest BCUT2D eigenvalue weighted by Gasteiger charge is -2.32. The summed E-state index contributed by atoms with van der Waals surface area (Å²) in [5.74, 6) is 0. The molecule has 3 unspecified atom stereocenters. The van der Waals surface area contributed by atoms with Gasteiger partial charge in [-0.3, -0.25) is 0 Å². The summed E-state index contributed by atoms with van der Waals surface area (Å²) in [6.07, 6.45) is -1.62. The van der Waals surface area contributed by atoms with Crippen molar-refractivity contribution in [3.05, 3.63) is 64.7 Å². The molecule has 0 fully saturated rings. The Morgan fingerprint density at radius 3 is 2.64 bits per heavy atom. The van der Waals surface area contributed by atoms with E-state index in [1.165, 1.54) is 0 Å². The molecule has 4 rings (SSSR count). The molecule has 22 heavy (non-hydrogen) atoms. The molecule has 0 aliphatic heterocycles. The molecule has 2 aliphatic carbocycles. The van der Waals surface area contributed by atoms with Crippen molar-refractivity contribution in [3.8, 4) is 0 Å². The monoisotopic (exact) mass is 300 g/mol. The van der Waals surface area contributed by atoms with Crippen molar-refractivity contribution in [3.63, 3.8) is 0 Å². The molecule has 3 atom stereocenters. The van der Waals surface area contributed by atoms with Gasteiger partial charge in [0.2, 0.25) is 0 Å². The van der Waals surface area contributed by atoms with E-state index in [1.807, 2.05) is 31.2 Å². The Labute approximate surface area is 127 Å². The van der Waals surface area contributed by atoms with Gasteiger partial charge in [-0.25, -0.2) is 13.2 Å². The molecular formula is C19H15F3. The van der Waals surface area contributed by atoms with Crippen LogP contribution in [0.4, 0.5) is 13.2 Å². The third kappa shape index (κ3) is 1.78. The van der Waals surface area contributed by atoms with Crippen LogP contribution in [0.5, 0.6) is 0 Å². The van der Waals surface area contributed by atoms with Gasteiger partial charge in [0.05, 0.1) is 0 Å². The van der Waals surface area contributed by atoms with Crippen molar-refractivity contribution in [2.45, 2.75) is 31.9 Å². The van der Waals surface area contributed by atoms with Crippen LogP contribution in [0.25, 0.3) is 16.3 Å². The van der Waals surface area contributed by atoms with Crippen molar-refractivity contribution >= 4 is 16.3 Å². The second-order valence-electron chi connectivity index (χ2n) is 6.03. The summed E-state index contributed by atoms with van der Waals surface area (Å²) in [5, 5.41) is 1.59. The Morgan fingerprint density at radius 1 is 1.00 bits per heavy atom. The number of hydrogen-bond acceptors (Lipinski definition) is 0. The standard InChI is InChI=1S/C19H15F3/c1-10-5-7-12-11(9-10)6-8-14-13-3-2-4-15(20)17(13)19(22)18(21)16(12)14/h2-3,5-9,15,18-19H,4H2,1H3. The van der Waals surface area contributed by atoms with Gasteiger partial charge in [0, 0.05) is 17.6 Å². The molecule has 0 spiro atoms. The Morgan fingerprint density at radius 2 is 1.82 bits per heavy atom. The van der Waals surface area contributed by atoms with Crippen LogP contribution in [0.1, 0.15) is 29.3 Å². The van der Waals surface area contributed by atoms with Gasteiger partial charge in [-0.2, -0.15) is 0 Å². The van der Waals surface area contributed by atoms with Crippen LogP contribution in [-0.2, 0) is 0 Å². The molecule has 0 heterocycles. The molecule has 2 aliphatic rings. The zero-order valence-electron chi connectivity index (χ0n) is 12.1. The molecule has 0 aromatic heterocycles. The largest absolute Gasteiger partial charge is 0.242 e. The maximum absolute atomic E-state index is 14.7. The predicted molar refractivity (Wildman–Crippen MR) is 83.0 cm³/mol. The Bertz CT molecular complexity index is 832. The van der Waals surface area contributed by atoms with E-state index in [4.69, 9.17) is 0 Å². The number of rotatable bonds is 0. The summed E-state index contributed by atoms with van der Waals surface area (Å²) in [5.41, 5.74) is 2.51. The molecule has 2 aromatic rings. The first kappa shape index (κ1) is 13.6. The highest BCUT2D eigenvalue weighted by Crippen LogP contribution is 2.48. The number of alkyl halides is 3. The minimum Gasteiger partial charge on any atom is -0.242 e. The maximum atomic E-state index is 14.7. The average molecular weight is 300 g/mol. The van der Waals surface area contributed by atoms with E-state index >= 15 is 0 Å². The summed E-state index contributed by atoms with van der Waals surface area (Å²) in [6.45, 7) is 1.96. The van der Waals surface area contributed by atoms with Crippen LogP contribution >= 0.6 is 0 Å². The van der Waals surface area contributed by atoms with Crippen molar-refractivity contribution in [2.75, 3.05) is 0 Å². The molecule has 0 N–H and O–H groups in total. The van der Waals surface area contributed by atoms with Crippen molar-refractivity contribution in [1.29, 1.82) is 0 Å². The molecule has 0 bridgehead atoms. The SMILES string of the molecule is Cc1ccc2c3c(ccc2c1)C1=C(C(F)CC=C1)C(F)C3F. The molecule has 0 saturated heterocycles. The van der Waals surface area contributed by atoms with Gasteiger partial charge >= 0.3 is 0 Å². The Kier molecular flexibility index (Phi) is 2.93. The average Bonchev–Trinajstić information content (AvgIpc) is 2.51. The van der Waals surface area contributed by atoms with Crippen molar-refractivity contribution in [2.24, 2.45) is 0 Å². The summed E-state index contributed by atoms with van der Waals surface area (Å²) in [7, 11) is 0. The lowest BCUT2D eigenvalue weighted by atomic mass is 9.77. The summed E-state index contributed by atoms with van der Waals surface area (Å²) >= 11 is 0. The smallest absolute Gasteiger partial charge is 0.161 e. The van der Waals surface area contributed by atoms with Crippen molar-refractivity contribution in [1.82, 2.24) is 0 Å². The topological polar surface area (TPSA) is 0 Å². The zero-order chi connectivity index (χ0) is 15.4. The van der Waals surface area contributed by atoms with Crippen molar-refractivity contribution < 1.29 is 13.2 Å². The summed E-state index contributed by atoms with van der Waals surface area (Å²) in [4.78, 5) is 0. The number of halogens is 3. The van der Waals surface area contributed by atoms with Crippen LogP contribution in [0.2, 0.25) is 0 Å². The van der Waals surface area contributed by atoms with Gasteiger partial charge in [-0.1, -0.05) is 48.0 Å². The van der Waals surface area contributed by atoms with E-state index in [1.54, 1.807) is 18.2 Å². The first-order valence-electron chi connectivity index (χ1n) is 7.44. The highest BCUT2D eigenvalue weighted by Gasteiger charge is 2.40. The van der Waals surface area contributed by atoms with Crippen LogP contribution in [0, 0.1) is 6.92 Å². The number of hydrogen-bond donors (Lipinski definition) is 0. The predicted octanol–water partition coefficient (Wildman–Crippen LogP) is 5.56. The second-order valence-corrected chi connectivity index (χ2v) is 6.03. The molecule has 2 aromatic carbocycles. The maximum Gasteiger partial charge on any atom is 0.161 e. The van der Waals surface area contributed by atoms with Crippen LogP contribution in [-0.4, -0.2) is 12.3 Å². The first-order chi connectivity index (χ1) is 10.6. The number of aryl methyl sites for hydroxylation is 1. The van der Waals surface area contributed by atoms with Crippen LogP contribution in [0.3, 0.4) is 0 Å². The van der Waals surface area contributed by atoms with Crippen LogP contribution in [0.15, 0.2) is 48.1 Å². The summed E-state index contributed by atoms with van der Waals surface area (Å²) < 4.78 is 43.4. The quantitative estimate of drug-likeness (QED) is 0.597. The highest BCUT2D eigenvalue weighted by atomic mass is 19.2. The molecule has 112 valence electrons. The van der Waals surface area contributed by atoms with E-state index in [2.05, 4.69) is 0 Å². The third-order valence-electron chi connectivity index (χ3n) is 4.61. The summed E-state index contributed by atoms with van der Waals surface area (Å²) in [6, 6.07) is 9.35. The minimum absolute atomic E-state index is 0.0334. The van der Waals surface area contributed by atoms with E-state index in [9.17, 15) is 13.2 Å². The lowest BCUT2D eigenvalue weighted by molar-refractivity contribution is 0.175. The minimum atomic E-state index is -1.91. The highest BCUT2D eigenvalue weighted by molar-refractivity contribution is 5.95. The van der Waals surface area contributed by atoms with Gasteiger partial charge < -0.3 is 0 Å². The Balaban J connectivity index is 2.06. The van der Waals surface area contributed by atoms with E-state index in [-0.39, 0.29) is 12.0 Å². The first-order valence-corrected chi connectivity index (χ1v) is 7.44. The molecule has 0 saturated carbocycles. The van der Waals surface area contributed by atoms with E-state index < -0.39 is 18.5 Å².